The fourth-order valence-corrected chi connectivity index (χ4v) is 4.76. The Morgan fingerprint density at radius 3 is 2.73 bits per heavy atom. The first-order valence-electron chi connectivity index (χ1n) is 8.50. The van der Waals surface area contributed by atoms with Crippen LogP contribution in [0.25, 0.3) is 0 Å². The average Bonchev–Trinajstić information content (AvgIpc) is 2.94. The molecule has 0 radical (unpaired) electrons. The van der Waals surface area contributed by atoms with Gasteiger partial charge in [-0.25, -0.2) is 13.2 Å². The number of carbonyl (C=O) groups is 1. The third-order valence-corrected chi connectivity index (χ3v) is 6.07. The van der Waals surface area contributed by atoms with Gasteiger partial charge >= 0.3 is 6.03 Å². The summed E-state index contributed by atoms with van der Waals surface area (Å²) in [5.74, 6) is 1.55. The van der Waals surface area contributed by atoms with E-state index in [4.69, 9.17) is 4.74 Å². The molecule has 2 aromatic rings. The molecule has 2 aromatic carbocycles. The first-order chi connectivity index (χ1) is 12.4. The van der Waals surface area contributed by atoms with Gasteiger partial charge in [-0.3, -0.25) is 0 Å². The Morgan fingerprint density at radius 2 is 2.00 bits per heavy atom. The van der Waals surface area contributed by atoms with Crippen LogP contribution in [0.2, 0.25) is 0 Å². The molecule has 0 unspecified atom stereocenters. The summed E-state index contributed by atoms with van der Waals surface area (Å²) in [4.78, 5) is 12.2. The van der Waals surface area contributed by atoms with Gasteiger partial charge in [-0.05, 0) is 49.1 Å². The fraction of sp³-hybridized carbons (Fsp3) is 0.316. The van der Waals surface area contributed by atoms with Gasteiger partial charge in [0.05, 0.1) is 17.2 Å². The minimum absolute atomic E-state index is 0.0236. The Bertz CT molecular complexity index is 896. The Hall–Kier alpha value is -2.54. The van der Waals surface area contributed by atoms with Crippen molar-refractivity contribution in [1.29, 1.82) is 0 Å². The average molecular weight is 374 g/mol. The molecule has 1 heterocycles. The first-order valence-corrected chi connectivity index (χ1v) is 10.3. The lowest BCUT2D eigenvalue weighted by Crippen LogP contribution is -2.33. The molecule has 138 valence electrons. The van der Waals surface area contributed by atoms with Gasteiger partial charge in [0.15, 0.2) is 15.6 Å². The smallest absolute Gasteiger partial charge is 0.319 e. The third-order valence-electron chi connectivity index (χ3n) is 4.23. The first kappa shape index (κ1) is 18.3. The zero-order chi connectivity index (χ0) is 18.6. The van der Waals surface area contributed by atoms with E-state index in [9.17, 15) is 13.2 Å². The number of ether oxygens (including phenoxy) is 1. The quantitative estimate of drug-likeness (QED) is 0.841. The maximum absolute atomic E-state index is 12.2. The SMILES string of the molecule is Cc1cccc(Oc2ccccc2NC(=O)NC[C@@H]2CCS(=O)(=O)C2)c1. The number of amides is 2. The summed E-state index contributed by atoms with van der Waals surface area (Å²) in [6.45, 7) is 2.32. The Kier molecular flexibility index (Phi) is 5.46. The summed E-state index contributed by atoms with van der Waals surface area (Å²) in [5.41, 5.74) is 1.63. The van der Waals surface area contributed by atoms with Gasteiger partial charge in [0, 0.05) is 6.54 Å². The van der Waals surface area contributed by atoms with Crippen LogP contribution in [0.15, 0.2) is 48.5 Å². The lowest BCUT2D eigenvalue weighted by atomic mass is 10.1. The second-order valence-corrected chi connectivity index (χ2v) is 8.75. The maximum atomic E-state index is 12.2. The Balaban J connectivity index is 1.60. The van der Waals surface area contributed by atoms with Crippen molar-refractivity contribution in [2.75, 3.05) is 23.4 Å². The second kappa shape index (κ2) is 7.78. The molecule has 1 aliphatic heterocycles. The summed E-state index contributed by atoms with van der Waals surface area (Å²) >= 11 is 0. The number of hydrogen-bond donors (Lipinski definition) is 2. The normalized spacial score (nSPS) is 18.3. The Labute approximate surface area is 153 Å². The van der Waals surface area contributed by atoms with Gasteiger partial charge in [-0.15, -0.1) is 0 Å². The molecule has 7 heteroatoms. The lowest BCUT2D eigenvalue weighted by Gasteiger charge is -2.14. The van der Waals surface area contributed by atoms with Crippen molar-refractivity contribution in [3.05, 3.63) is 54.1 Å². The van der Waals surface area contributed by atoms with Gasteiger partial charge in [0.25, 0.3) is 0 Å². The van der Waals surface area contributed by atoms with E-state index in [0.717, 1.165) is 5.56 Å². The predicted molar refractivity (Wildman–Crippen MR) is 101 cm³/mol. The standard InChI is InChI=1S/C19H22N2O4S/c1-14-5-4-6-16(11-14)25-18-8-3-2-7-17(18)21-19(22)20-12-15-9-10-26(23,24)13-15/h2-8,11,15H,9-10,12-13H2,1H3,(H2,20,21,22)/t15-/m0/s1. The molecule has 0 bridgehead atoms. The molecule has 1 saturated heterocycles. The summed E-state index contributed by atoms with van der Waals surface area (Å²) in [5, 5.41) is 5.51. The van der Waals surface area contributed by atoms with E-state index in [1.165, 1.54) is 0 Å². The van der Waals surface area contributed by atoms with Gasteiger partial charge in [-0.2, -0.15) is 0 Å². The molecule has 1 aliphatic rings. The summed E-state index contributed by atoms with van der Waals surface area (Å²) in [7, 11) is -2.94. The predicted octanol–water partition coefficient (Wildman–Crippen LogP) is 3.34. The monoisotopic (exact) mass is 374 g/mol. The Morgan fingerprint density at radius 1 is 1.19 bits per heavy atom. The number of aryl methyl sites for hydroxylation is 1. The van der Waals surface area contributed by atoms with E-state index in [0.29, 0.717) is 30.2 Å². The second-order valence-electron chi connectivity index (χ2n) is 6.52. The van der Waals surface area contributed by atoms with Gasteiger partial charge < -0.3 is 15.4 Å². The number of benzene rings is 2. The van der Waals surface area contributed by atoms with Crippen LogP contribution in [0.1, 0.15) is 12.0 Å². The maximum Gasteiger partial charge on any atom is 0.319 e. The van der Waals surface area contributed by atoms with Crippen LogP contribution < -0.4 is 15.4 Å². The topological polar surface area (TPSA) is 84.5 Å². The van der Waals surface area contributed by atoms with Gasteiger partial charge in [-0.1, -0.05) is 24.3 Å². The van der Waals surface area contributed by atoms with Gasteiger partial charge in [0.2, 0.25) is 0 Å². The molecule has 0 aliphatic carbocycles. The molecule has 2 amide bonds. The molecule has 3 rings (SSSR count). The minimum atomic E-state index is -2.94. The number of hydrogen-bond acceptors (Lipinski definition) is 4. The highest BCUT2D eigenvalue weighted by Gasteiger charge is 2.27. The number of sulfone groups is 1. The van der Waals surface area contributed by atoms with Crippen molar-refractivity contribution < 1.29 is 17.9 Å². The van der Waals surface area contributed by atoms with E-state index < -0.39 is 9.84 Å². The number of rotatable bonds is 5. The largest absolute Gasteiger partial charge is 0.455 e. The number of anilines is 1. The minimum Gasteiger partial charge on any atom is -0.455 e. The molecule has 6 nitrogen and oxygen atoms in total. The van der Waals surface area contributed by atoms with Crippen molar-refractivity contribution >= 4 is 21.6 Å². The molecule has 26 heavy (non-hydrogen) atoms. The number of nitrogens with one attached hydrogen (secondary N) is 2. The summed E-state index contributed by atoms with van der Waals surface area (Å²) in [6, 6.07) is 14.4. The number of urea groups is 1. The van der Waals surface area contributed by atoms with E-state index >= 15 is 0 Å². The summed E-state index contributed by atoms with van der Waals surface area (Å²) in [6.07, 6.45) is 0.593. The van der Waals surface area contributed by atoms with Crippen LogP contribution in [-0.2, 0) is 9.84 Å². The zero-order valence-corrected chi connectivity index (χ0v) is 15.4. The van der Waals surface area contributed by atoms with Crippen molar-refractivity contribution in [2.45, 2.75) is 13.3 Å². The molecule has 0 aromatic heterocycles. The van der Waals surface area contributed by atoms with Crippen molar-refractivity contribution in [2.24, 2.45) is 5.92 Å². The molecule has 0 saturated carbocycles. The number of carbonyl (C=O) groups excluding carboxylic acids is 1. The van der Waals surface area contributed by atoms with E-state index in [1.807, 2.05) is 43.3 Å². The fourth-order valence-electron chi connectivity index (χ4n) is 2.90. The van der Waals surface area contributed by atoms with Crippen LogP contribution in [0, 0.1) is 12.8 Å². The molecule has 1 fully saturated rings. The molecule has 2 N–H and O–H groups in total. The highest BCUT2D eigenvalue weighted by atomic mass is 32.2. The van der Waals surface area contributed by atoms with Crippen molar-refractivity contribution in [3.8, 4) is 11.5 Å². The molecule has 1 atom stereocenters. The molecular weight excluding hydrogens is 352 g/mol. The van der Waals surface area contributed by atoms with Crippen LogP contribution in [-0.4, -0.2) is 32.5 Å². The summed E-state index contributed by atoms with van der Waals surface area (Å²) < 4.78 is 28.8. The van der Waals surface area contributed by atoms with Gasteiger partial charge in [0.1, 0.15) is 5.75 Å². The van der Waals surface area contributed by atoms with Crippen LogP contribution in [0.4, 0.5) is 10.5 Å². The zero-order valence-electron chi connectivity index (χ0n) is 14.6. The van der Waals surface area contributed by atoms with E-state index in [1.54, 1.807) is 12.1 Å². The number of para-hydroxylation sites is 2. The molecule has 0 spiro atoms. The molecular formula is C19H22N2O4S. The van der Waals surface area contributed by atoms with Crippen LogP contribution in [0.5, 0.6) is 11.5 Å². The van der Waals surface area contributed by atoms with Crippen LogP contribution in [0.3, 0.4) is 0 Å². The van der Waals surface area contributed by atoms with Crippen molar-refractivity contribution in [3.63, 3.8) is 0 Å². The lowest BCUT2D eigenvalue weighted by molar-refractivity contribution is 0.250. The third kappa shape index (κ3) is 4.98. The van der Waals surface area contributed by atoms with E-state index in [2.05, 4.69) is 10.6 Å². The highest BCUT2D eigenvalue weighted by molar-refractivity contribution is 7.91. The van der Waals surface area contributed by atoms with E-state index in [-0.39, 0.29) is 23.5 Å². The van der Waals surface area contributed by atoms with Crippen LogP contribution >= 0.6 is 0 Å². The highest BCUT2D eigenvalue weighted by Crippen LogP contribution is 2.29. The van der Waals surface area contributed by atoms with Crippen molar-refractivity contribution in [1.82, 2.24) is 5.32 Å².